The van der Waals surface area contributed by atoms with Crippen LogP contribution < -0.4 is 10.5 Å². The number of ether oxygens (including phenoxy) is 1. The number of anilines is 1. The average molecular weight is 301 g/mol. The minimum Gasteiger partial charge on any atom is -0.377 e. The molecule has 1 saturated heterocycles. The van der Waals surface area contributed by atoms with Crippen LogP contribution in [0.15, 0.2) is 35.4 Å². The van der Waals surface area contributed by atoms with E-state index in [9.17, 15) is 4.79 Å². The van der Waals surface area contributed by atoms with Crippen LogP contribution in [-0.2, 0) is 17.9 Å². The van der Waals surface area contributed by atoms with Gasteiger partial charge in [-0.1, -0.05) is 0 Å². The highest BCUT2D eigenvalue weighted by Gasteiger charge is 2.26. The van der Waals surface area contributed by atoms with Gasteiger partial charge in [0.1, 0.15) is 12.4 Å². The molecule has 1 aliphatic rings. The van der Waals surface area contributed by atoms with E-state index in [4.69, 9.17) is 4.74 Å². The van der Waals surface area contributed by atoms with Crippen LogP contribution in [0.1, 0.15) is 18.7 Å². The second kappa shape index (κ2) is 6.65. The van der Waals surface area contributed by atoms with Crippen LogP contribution in [-0.4, -0.2) is 39.4 Å². The minimum atomic E-state index is -0.0721. The van der Waals surface area contributed by atoms with Crippen molar-refractivity contribution in [3.63, 3.8) is 0 Å². The zero-order valence-electron chi connectivity index (χ0n) is 12.6. The fourth-order valence-corrected chi connectivity index (χ4v) is 2.80. The Labute approximate surface area is 128 Å². The Bertz CT molecular complexity index is 687. The summed E-state index contributed by atoms with van der Waals surface area (Å²) in [5.74, 6) is 1.55. The maximum Gasteiger partial charge on any atom is 0.266 e. The van der Waals surface area contributed by atoms with Crippen molar-refractivity contribution in [3.8, 4) is 0 Å². The van der Waals surface area contributed by atoms with Crippen LogP contribution in [0.4, 0.5) is 5.82 Å². The van der Waals surface area contributed by atoms with E-state index in [0.29, 0.717) is 19.0 Å². The zero-order valence-corrected chi connectivity index (χ0v) is 12.6. The Balaban J connectivity index is 1.80. The summed E-state index contributed by atoms with van der Waals surface area (Å²) in [5.41, 5.74) is -0.0721. The van der Waals surface area contributed by atoms with Crippen LogP contribution in [0.25, 0.3) is 0 Å². The minimum absolute atomic E-state index is 0.0721. The Kier molecular flexibility index (Phi) is 4.43. The molecule has 1 atom stereocenters. The van der Waals surface area contributed by atoms with Crippen molar-refractivity contribution < 1.29 is 4.74 Å². The first kappa shape index (κ1) is 14.6. The molecule has 7 heteroatoms. The van der Waals surface area contributed by atoms with Gasteiger partial charge in [-0.05, 0) is 25.0 Å². The lowest BCUT2D eigenvalue weighted by Crippen LogP contribution is -2.37. The first-order valence-corrected chi connectivity index (χ1v) is 7.37. The molecule has 0 bridgehead atoms. The van der Waals surface area contributed by atoms with Gasteiger partial charge in [0.15, 0.2) is 5.82 Å². The summed E-state index contributed by atoms with van der Waals surface area (Å²) in [6.45, 7) is 1.89. The number of nitrogens with zero attached hydrogens (tertiary/aromatic N) is 5. The predicted octanol–water partition coefficient (Wildman–Crippen LogP) is 0.849. The van der Waals surface area contributed by atoms with E-state index < -0.39 is 0 Å². The molecule has 0 N–H and O–H groups in total. The van der Waals surface area contributed by atoms with E-state index >= 15 is 0 Å². The second-order valence-electron chi connectivity index (χ2n) is 5.30. The summed E-state index contributed by atoms with van der Waals surface area (Å²) in [6.07, 6.45) is 5.49. The lowest BCUT2D eigenvalue weighted by molar-refractivity contribution is 0.178. The van der Waals surface area contributed by atoms with Crippen molar-refractivity contribution in [1.82, 2.24) is 19.7 Å². The van der Waals surface area contributed by atoms with Gasteiger partial charge < -0.3 is 9.64 Å². The molecule has 2 aromatic heterocycles. The van der Waals surface area contributed by atoms with Gasteiger partial charge in [-0.25, -0.2) is 14.6 Å². The zero-order chi connectivity index (χ0) is 15.4. The smallest absolute Gasteiger partial charge is 0.266 e. The second-order valence-corrected chi connectivity index (χ2v) is 5.30. The van der Waals surface area contributed by atoms with E-state index in [0.717, 1.165) is 25.2 Å². The van der Waals surface area contributed by atoms with Crippen molar-refractivity contribution in [2.75, 3.05) is 18.6 Å². The number of hydrogen-bond donors (Lipinski definition) is 0. The predicted molar refractivity (Wildman–Crippen MR) is 81.6 cm³/mol. The number of rotatable bonds is 5. The van der Waals surface area contributed by atoms with Gasteiger partial charge in [0, 0.05) is 32.1 Å². The maximum absolute atomic E-state index is 11.8. The lowest BCUT2D eigenvalue weighted by atomic mass is 10.2. The van der Waals surface area contributed by atoms with Gasteiger partial charge in [-0.15, -0.1) is 0 Å². The van der Waals surface area contributed by atoms with Crippen molar-refractivity contribution in [2.45, 2.75) is 32.0 Å². The summed E-state index contributed by atoms with van der Waals surface area (Å²) < 4.78 is 6.60. The summed E-state index contributed by atoms with van der Waals surface area (Å²) >= 11 is 0. The van der Waals surface area contributed by atoms with E-state index in [-0.39, 0.29) is 11.6 Å². The van der Waals surface area contributed by atoms with E-state index in [1.54, 1.807) is 25.6 Å². The molecule has 3 rings (SSSR count). The lowest BCUT2D eigenvalue weighted by Gasteiger charge is -2.26. The molecule has 0 aliphatic carbocycles. The van der Waals surface area contributed by atoms with E-state index in [2.05, 4.69) is 20.0 Å². The maximum atomic E-state index is 11.8. The summed E-state index contributed by atoms with van der Waals surface area (Å²) in [6, 6.07) is 5.32. The van der Waals surface area contributed by atoms with Gasteiger partial charge >= 0.3 is 0 Å². The highest BCUT2D eigenvalue weighted by molar-refractivity contribution is 5.40. The third-order valence-electron chi connectivity index (χ3n) is 3.80. The van der Waals surface area contributed by atoms with Crippen molar-refractivity contribution in [1.29, 1.82) is 0 Å². The van der Waals surface area contributed by atoms with Crippen LogP contribution in [0.2, 0.25) is 0 Å². The topological polar surface area (TPSA) is 73.1 Å². The van der Waals surface area contributed by atoms with Crippen LogP contribution in [0.5, 0.6) is 0 Å². The molecule has 3 heterocycles. The van der Waals surface area contributed by atoms with Gasteiger partial charge in [0.05, 0.1) is 12.6 Å². The Hall–Kier alpha value is -2.28. The van der Waals surface area contributed by atoms with Crippen molar-refractivity contribution in [2.24, 2.45) is 0 Å². The third kappa shape index (κ3) is 3.14. The largest absolute Gasteiger partial charge is 0.377 e. The van der Waals surface area contributed by atoms with E-state index in [1.165, 1.54) is 10.7 Å². The molecule has 116 valence electrons. The third-order valence-corrected chi connectivity index (χ3v) is 3.80. The van der Waals surface area contributed by atoms with Gasteiger partial charge in [0.2, 0.25) is 0 Å². The first-order chi connectivity index (χ1) is 10.8. The molecule has 7 nitrogen and oxygen atoms in total. The molecule has 2 aromatic rings. The molecule has 0 amide bonds. The normalized spacial score (nSPS) is 17.9. The molecule has 0 spiro atoms. The summed E-state index contributed by atoms with van der Waals surface area (Å²) in [5, 5.41) is 4.14. The quantitative estimate of drug-likeness (QED) is 0.815. The van der Waals surface area contributed by atoms with Crippen molar-refractivity contribution in [3.05, 3.63) is 46.8 Å². The molecule has 22 heavy (non-hydrogen) atoms. The van der Waals surface area contributed by atoms with Crippen LogP contribution in [0, 0.1) is 0 Å². The van der Waals surface area contributed by atoms with Gasteiger partial charge in [-0.3, -0.25) is 4.79 Å². The molecule has 1 unspecified atom stereocenters. The Morgan fingerprint density at radius 1 is 1.36 bits per heavy atom. The molecule has 1 fully saturated rings. The molecular formula is C15H19N5O2. The molecule has 0 aromatic carbocycles. The molecule has 0 saturated carbocycles. The Morgan fingerprint density at radius 2 is 2.27 bits per heavy atom. The number of hydrogen-bond acceptors (Lipinski definition) is 6. The fraction of sp³-hybridized carbons (Fsp3) is 0.467. The number of aromatic nitrogens is 4. The molecular weight excluding hydrogens is 282 g/mol. The van der Waals surface area contributed by atoms with Crippen molar-refractivity contribution >= 4 is 5.82 Å². The highest BCUT2D eigenvalue weighted by atomic mass is 16.5. The standard InChI is InChI=1S/C15H19N5O2/c1-22-11-13-16-8-6-14(18-13)19-9-3-4-12(19)10-20-15(21)5-2-7-17-20/h2,5-8,12H,3-4,9-11H2,1H3. The Morgan fingerprint density at radius 3 is 3.09 bits per heavy atom. The number of methoxy groups -OCH3 is 1. The first-order valence-electron chi connectivity index (χ1n) is 7.37. The average Bonchev–Trinajstić information content (AvgIpc) is 2.98. The molecule has 1 aliphatic heterocycles. The van der Waals surface area contributed by atoms with Crippen LogP contribution in [0.3, 0.4) is 0 Å². The molecule has 0 radical (unpaired) electrons. The fourth-order valence-electron chi connectivity index (χ4n) is 2.80. The highest BCUT2D eigenvalue weighted by Crippen LogP contribution is 2.24. The monoisotopic (exact) mass is 301 g/mol. The SMILES string of the molecule is COCc1nccc(N2CCCC2Cn2ncccc2=O)n1. The van der Waals surface area contributed by atoms with Gasteiger partial charge in [-0.2, -0.15) is 5.10 Å². The summed E-state index contributed by atoms with van der Waals surface area (Å²) in [4.78, 5) is 22.8. The van der Waals surface area contributed by atoms with E-state index in [1.807, 2.05) is 6.07 Å². The van der Waals surface area contributed by atoms with Crippen LogP contribution >= 0.6 is 0 Å². The van der Waals surface area contributed by atoms with Gasteiger partial charge in [0.25, 0.3) is 5.56 Å². The summed E-state index contributed by atoms with van der Waals surface area (Å²) in [7, 11) is 1.63.